The fraction of sp³-hybridized carbons (Fsp3) is 0. The Morgan fingerprint density at radius 1 is 1.04 bits per heavy atom. The Labute approximate surface area is 142 Å². The Hall–Kier alpha value is -3.47. The molecular formula is C20H13FN2O2. The van der Waals surface area contributed by atoms with E-state index in [4.69, 9.17) is 0 Å². The third-order valence-corrected chi connectivity index (χ3v) is 4.02. The molecule has 0 bridgehead atoms. The van der Waals surface area contributed by atoms with Crippen LogP contribution in [0.3, 0.4) is 0 Å². The average Bonchev–Trinajstić information content (AvgIpc) is 3.04. The predicted octanol–water partition coefficient (Wildman–Crippen LogP) is 4.10. The molecule has 0 radical (unpaired) electrons. The van der Waals surface area contributed by atoms with Crippen molar-refractivity contribution in [2.45, 2.75) is 0 Å². The van der Waals surface area contributed by atoms with Crippen molar-refractivity contribution in [1.29, 1.82) is 0 Å². The van der Waals surface area contributed by atoms with Gasteiger partial charge in [0.25, 0.3) is 0 Å². The Morgan fingerprint density at radius 3 is 2.72 bits per heavy atom. The van der Waals surface area contributed by atoms with Gasteiger partial charge in [-0.2, -0.15) is 0 Å². The highest BCUT2D eigenvalue weighted by Gasteiger charge is 2.13. The van der Waals surface area contributed by atoms with Crippen molar-refractivity contribution in [1.82, 2.24) is 9.55 Å². The summed E-state index contributed by atoms with van der Waals surface area (Å²) in [4.78, 5) is 16.6. The second-order valence-corrected chi connectivity index (χ2v) is 5.70. The molecule has 0 fully saturated rings. The lowest BCUT2D eigenvalue weighted by atomic mass is 10.0. The minimum atomic E-state index is -0.311. The Morgan fingerprint density at radius 2 is 1.92 bits per heavy atom. The van der Waals surface area contributed by atoms with Gasteiger partial charge in [-0.15, -0.1) is 0 Å². The van der Waals surface area contributed by atoms with Gasteiger partial charge in [-0.05, 0) is 48.5 Å². The van der Waals surface area contributed by atoms with Crippen molar-refractivity contribution in [3.63, 3.8) is 0 Å². The number of benzene rings is 2. The van der Waals surface area contributed by atoms with Crippen LogP contribution in [-0.2, 0) is 0 Å². The minimum Gasteiger partial charge on any atom is -0.508 e. The first-order chi connectivity index (χ1) is 12.1. The summed E-state index contributed by atoms with van der Waals surface area (Å²) in [5.74, 6) is -0.560. The van der Waals surface area contributed by atoms with E-state index in [0.717, 1.165) is 10.9 Å². The number of carbonyl (C=O) groups excluding carboxylic acids is 1. The third-order valence-electron chi connectivity index (χ3n) is 4.02. The number of pyridine rings is 1. The van der Waals surface area contributed by atoms with Crippen LogP contribution in [-0.4, -0.2) is 20.4 Å². The number of fused-ring (bicyclic) bond motifs is 1. The summed E-state index contributed by atoms with van der Waals surface area (Å²) >= 11 is 0. The number of carbonyl (C=O) groups is 1. The summed E-state index contributed by atoms with van der Waals surface area (Å²) < 4.78 is 15.2. The van der Waals surface area contributed by atoms with Gasteiger partial charge in [-0.25, -0.2) is 4.39 Å². The topological polar surface area (TPSA) is 55.1 Å². The first kappa shape index (κ1) is 15.1. The van der Waals surface area contributed by atoms with E-state index in [1.165, 1.54) is 24.4 Å². The summed E-state index contributed by atoms with van der Waals surface area (Å²) in [6.45, 7) is 0. The molecule has 0 atom stereocenters. The maximum absolute atomic E-state index is 13.4. The van der Waals surface area contributed by atoms with Crippen molar-refractivity contribution in [2.75, 3.05) is 0 Å². The molecule has 122 valence electrons. The van der Waals surface area contributed by atoms with Crippen LogP contribution in [0.15, 0.2) is 73.2 Å². The van der Waals surface area contributed by atoms with Crippen LogP contribution < -0.4 is 0 Å². The highest BCUT2D eigenvalue weighted by molar-refractivity contribution is 6.09. The van der Waals surface area contributed by atoms with Gasteiger partial charge in [0.15, 0.2) is 5.78 Å². The lowest BCUT2D eigenvalue weighted by molar-refractivity contribution is 0.103. The maximum atomic E-state index is 13.4. The van der Waals surface area contributed by atoms with Crippen molar-refractivity contribution in [3.05, 3.63) is 90.1 Å². The van der Waals surface area contributed by atoms with Gasteiger partial charge in [0.05, 0.1) is 5.52 Å². The molecule has 0 unspecified atom stereocenters. The van der Waals surface area contributed by atoms with E-state index in [1.54, 1.807) is 53.4 Å². The van der Waals surface area contributed by atoms with E-state index in [9.17, 15) is 14.3 Å². The molecule has 0 spiro atoms. The molecule has 0 saturated carbocycles. The zero-order valence-corrected chi connectivity index (χ0v) is 13.1. The number of hydrogen-bond donors (Lipinski definition) is 1. The average molecular weight is 332 g/mol. The summed E-state index contributed by atoms with van der Waals surface area (Å²) in [5, 5.41) is 10.8. The molecular weight excluding hydrogens is 319 g/mol. The highest BCUT2D eigenvalue weighted by atomic mass is 19.1. The number of aromatic hydroxyl groups is 1. The number of phenolic OH excluding ortho intramolecular Hbond substituents is 1. The quantitative estimate of drug-likeness (QED) is 0.575. The molecule has 2 aromatic heterocycles. The molecule has 0 aliphatic carbocycles. The van der Waals surface area contributed by atoms with Crippen molar-refractivity contribution in [2.24, 2.45) is 0 Å². The zero-order chi connectivity index (χ0) is 17.4. The Bertz CT molecular complexity index is 1090. The molecule has 4 rings (SSSR count). The summed E-state index contributed by atoms with van der Waals surface area (Å²) in [7, 11) is 0. The van der Waals surface area contributed by atoms with E-state index in [0.29, 0.717) is 16.8 Å². The van der Waals surface area contributed by atoms with Gasteiger partial charge in [0, 0.05) is 46.9 Å². The van der Waals surface area contributed by atoms with Crippen LogP contribution in [0.2, 0.25) is 0 Å². The van der Waals surface area contributed by atoms with Gasteiger partial charge in [0.1, 0.15) is 11.6 Å². The molecule has 0 aliphatic heterocycles. The zero-order valence-electron chi connectivity index (χ0n) is 13.1. The predicted molar refractivity (Wildman–Crippen MR) is 92.6 cm³/mol. The monoisotopic (exact) mass is 332 g/mol. The lowest BCUT2D eigenvalue weighted by Crippen LogP contribution is -2.03. The first-order valence-corrected chi connectivity index (χ1v) is 7.67. The van der Waals surface area contributed by atoms with E-state index in [1.807, 2.05) is 0 Å². The molecule has 0 aliphatic rings. The maximum Gasteiger partial charge on any atom is 0.194 e. The standard InChI is InChI=1S/C20H13FN2O2/c21-16-3-4-19-13(8-16)5-7-23(19)17-9-15(10-18(24)11-17)20(25)14-2-1-6-22-12-14/h1-12,24H. The molecule has 25 heavy (non-hydrogen) atoms. The molecule has 2 heterocycles. The number of rotatable bonds is 3. The third kappa shape index (κ3) is 2.76. The molecule has 0 saturated heterocycles. The number of hydrogen-bond acceptors (Lipinski definition) is 3. The second kappa shape index (κ2) is 5.87. The molecule has 4 nitrogen and oxygen atoms in total. The molecule has 5 heteroatoms. The van der Waals surface area contributed by atoms with Crippen LogP contribution in [0.1, 0.15) is 15.9 Å². The van der Waals surface area contributed by atoms with Crippen molar-refractivity contribution in [3.8, 4) is 11.4 Å². The normalized spacial score (nSPS) is 10.9. The SMILES string of the molecule is O=C(c1cccnc1)c1cc(O)cc(-n2ccc3cc(F)ccc32)c1. The van der Waals surface area contributed by atoms with Crippen LogP contribution in [0.5, 0.6) is 5.75 Å². The van der Waals surface area contributed by atoms with Gasteiger partial charge in [-0.3, -0.25) is 9.78 Å². The fourth-order valence-corrected chi connectivity index (χ4v) is 2.87. The van der Waals surface area contributed by atoms with Gasteiger partial charge in [0.2, 0.25) is 0 Å². The van der Waals surface area contributed by atoms with Crippen LogP contribution in [0.4, 0.5) is 4.39 Å². The summed E-state index contributed by atoms with van der Waals surface area (Å²) in [6, 6.07) is 14.3. The van der Waals surface area contributed by atoms with Crippen molar-refractivity contribution >= 4 is 16.7 Å². The number of nitrogens with zero attached hydrogens (tertiary/aromatic N) is 2. The fourth-order valence-electron chi connectivity index (χ4n) is 2.87. The number of halogens is 1. The van der Waals surface area contributed by atoms with E-state index >= 15 is 0 Å². The molecule has 4 aromatic rings. The Kier molecular flexibility index (Phi) is 3.54. The van der Waals surface area contributed by atoms with E-state index < -0.39 is 0 Å². The largest absolute Gasteiger partial charge is 0.508 e. The summed E-state index contributed by atoms with van der Waals surface area (Å²) in [6.07, 6.45) is 4.85. The van der Waals surface area contributed by atoms with E-state index in [-0.39, 0.29) is 17.3 Å². The second-order valence-electron chi connectivity index (χ2n) is 5.70. The van der Waals surface area contributed by atoms with E-state index in [2.05, 4.69) is 4.98 Å². The highest BCUT2D eigenvalue weighted by Crippen LogP contribution is 2.26. The van der Waals surface area contributed by atoms with Crippen LogP contribution in [0.25, 0.3) is 16.6 Å². The number of ketones is 1. The first-order valence-electron chi connectivity index (χ1n) is 7.67. The van der Waals surface area contributed by atoms with Gasteiger partial charge >= 0.3 is 0 Å². The van der Waals surface area contributed by atoms with Crippen LogP contribution in [0, 0.1) is 5.82 Å². The summed E-state index contributed by atoms with van der Waals surface area (Å²) in [5.41, 5.74) is 2.20. The Balaban J connectivity index is 1.83. The number of aromatic nitrogens is 2. The van der Waals surface area contributed by atoms with Crippen LogP contribution >= 0.6 is 0 Å². The van der Waals surface area contributed by atoms with Gasteiger partial charge < -0.3 is 9.67 Å². The number of phenols is 1. The molecule has 2 aromatic carbocycles. The minimum absolute atomic E-state index is 0.0197. The lowest BCUT2D eigenvalue weighted by Gasteiger charge is -2.09. The molecule has 0 amide bonds. The van der Waals surface area contributed by atoms with Gasteiger partial charge in [-0.1, -0.05) is 0 Å². The molecule has 1 N–H and O–H groups in total. The van der Waals surface area contributed by atoms with Crippen molar-refractivity contribution < 1.29 is 14.3 Å². The smallest absolute Gasteiger partial charge is 0.194 e.